The first-order valence-electron chi connectivity index (χ1n) is 7.11. The van der Waals surface area contributed by atoms with Crippen LogP contribution in [0.4, 0.5) is 5.13 Å². The third kappa shape index (κ3) is 2.92. The molecule has 0 saturated heterocycles. The lowest BCUT2D eigenvalue weighted by Gasteiger charge is -2.08. The summed E-state index contributed by atoms with van der Waals surface area (Å²) < 4.78 is 10.6. The van der Waals surface area contributed by atoms with E-state index in [0.717, 1.165) is 29.2 Å². The Morgan fingerprint density at radius 2 is 2.14 bits per heavy atom. The van der Waals surface area contributed by atoms with Crippen LogP contribution in [0, 0.1) is 11.8 Å². The van der Waals surface area contributed by atoms with E-state index >= 15 is 0 Å². The Morgan fingerprint density at radius 1 is 1.36 bits per heavy atom. The molecule has 1 N–H and O–H groups in total. The molecule has 1 saturated carbocycles. The van der Waals surface area contributed by atoms with Gasteiger partial charge in [-0.1, -0.05) is 6.92 Å². The number of ether oxygens (including phenoxy) is 2. The number of nitrogens with one attached hydrogen (secondary N) is 1. The van der Waals surface area contributed by atoms with Crippen molar-refractivity contribution in [1.82, 2.24) is 4.98 Å². The normalized spacial score (nSPS) is 19.6. The lowest BCUT2D eigenvalue weighted by atomic mass is 10.1. The smallest absolute Gasteiger partial charge is 0.229 e. The highest BCUT2D eigenvalue weighted by Gasteiger charge is 2.39. The Labute approximate surface area is 133 Å². The minimum atomic E-state index is 0.0611. The predicted octanol–water partition coefficient (Wildman–Crippen LogP) is 3.42. The molecule has 1 aromatic heterocycles. The fourth-order valence-electron chi connectivity index (χ4n) is 2.35. The molecule has 1 aliphatic rings. The fraction of sp³-hybridized carbons (Fsp3) is 0.375. The van der Waals surface area contributed by atoms with E-state index in [9.17, 15) is 4.79 Å². The monoisotopic (exact) mass is 318 g/mol. The number of benzene rings is 1. The molecule has 2 atom stereocenters. The first kappa shape index (κ1) is 14.8. The minimum absolute atomic E-state index is 0.0611. The average Bonchev–Trinajstić information content (AvgIpc) is 3.09. The van der Waals surface area contributed by atoms with E-state index in [4.69, 9.17) is 9.47 Å². The van der Waals surface area contributed by atoms with Gasteiger partial charge in [-0.25, -0.2) is 4.98 Å². The number of hydrogen-bond acceptors (Lipinski definition) is 5. The van der Waals surface area contributed by atoms with Crippen LogP contribution in [-0.4, -0.2) is 25.1 Å². The van der Waals surface area contributed by atoms with Crippen LogP contribution >= 0.6 is 11.3 Å². The van der Waals surface area contributed by atoms with Gasteiger partial charge in [0.05, 0.1) is 19.9 Å². The molecule has 1 fully saturated rings. The molecule has 22 heavy (non-hydrogen) atoms. The molecule has 0 unspecified atom stereocenters. The summed E-state index contributed by atoms with van der Waals surface area (Å²) in [4.78, 5) is 16.5. The zero-order chi connectivity index (χ0) is 15.7. The topological polar surface area (TPSA) is 60.5 Å². The number of anilines is 1. The maximum Gasteiger partial charge on any atom is 0.229 e. The number of thiazole rings is 1. The third-order valence-electron chi connectivity index (χ3n) is 3.86. The molecule has 5 nitrogen and oxygen atoms in total. The van der Waals surface area contributed by atoms with Crippen molar-refractivity contribution in [3.05, 3.63) is 23.6 Å². The standard InChI is InChI=1S/C16H18N2O3S/c1-9-6-11(9)15(19)18-16-17-13(8-22-16)12-7-10(20-2)4-5-14(12)21-3/h4-5,7-9,11H,6H2,1-3H3,(H,17,18,19)/t9-,11-/m1/s1. The van der Waals surface area contributed by atoms with Crippen LogP contribution in [0.1, 0.15) is 13.3 Å². The lowest BCUT2D eigenvalue weighted by molar-refractivity contribution is -0.117. The average molecular weight is 318 g/mol. The Morgan fingerprint density at radius 3 is 2.77 bits per heavy atom. The quantitative estimate of drug-likeness (QED) is 0.917. The summed E-state index contributed by atoms with van der Waals surface area (Å²) in [5.41, 5.74) is 1.61. The van der Waals surface area contributed by atoms with Gasteiger partial charge in [-0.05, 0) is 30.5 Å². The molecule has 0 bridgehead atoms. The molecule has 1 amide bonds. The van der Waals surface area contributed by atoms with Gasteiger partial charge in [0.25, 0.3) is 0 Å². The van der Waals surface area contributed by atoms with Crippen molar-refractivity contribution >= 4 is 22.4 Å². The summed E-state index contributed by atoms with van der Waals surface area (Å²) in [5.74, 6) is 2.14. The van der Waals surface area contributed by atoms with Crippen LogP contribution in [0.2, 0.25) is 0 Å². The Hall–Kier alpha value is -2.08. The second-order valence-electron chi connectivity index (χ2n) is 5.41. The molecule has 0 aliphatic heterocycles. The molecule has 2 aromatic rings. The van der Waals surface area contributed by atoms with Gasteiger partial charge in [0.15, 0.2) is 5.13 Å². The van der Waals surface area contributed by atoms with Gasteiger partial charge in [0.1, 0.15) is 11.5 Å². The largest absolute Gasteiger partial charge is 0.497 e. The SMILES string of the molecule is COc1ccc(OC)c(-c2csc(NC(=O)[C@@H]3C[C@H]3C)n2)c1. The van der Waals surface area contributed by atoms with Crippen LogP contribution in [0.15, 0.2) is 23.6 Å². The van der Waals surface area contributed by atoms with Crippen molar-refractivity contribution in [3.8, 4) is 22.8 Å². The zero-order valence-electron chi connectivity index (χ0n) is 12.8. The van der Waals surface area contributed by atoms with Gasteiger partial charge in [-0.15, -0.1) is 11.3 Å². The van der Waals surface area contributed by atoms with E-state index < -0.39 is 0 Å². The van der Waals surface area contributed by atoms with E-state index in [1.807, 2.05) is 23.6 Å². The molecule has 3 rings (SSSR count). The molecule has 1 aromatic carbocycles. The molecule has 1 heterocycles. The summed E-state index contributed by atoms with van der Waals surface area (Å²) in [7, 11) is 3.24. The molecule has 1 aliphatic carbocycles. The molecule has 116 valence electrons. The number of aromatic nitrogens is 1. The van der Waals surface area contributed by atoms with Gasteiger partial charge in [-0.2, -0.15) is 0 Å². The highest BCUT2D eigenvalue weighted by molar-refractivity contribution is 7.14. The van der Waals surface area contributed by atoms with Crippen molar-refractivity contribution in [2.24, 2.45) is 11.8 Å². The Bertz CT molecular complexity index is 698. The number of carbonyl (C=O) groups is 1. The Kier molecular flexibility index (Phi) is 4.02. The summed E-state index contributed by atoms with van der Waals surface area (Å²) in [5, 5.41) is 5.41. The van der Waals surface area contributed by atoms with Crippen molar-refractivity contribution in [2.75, 3.05) is 19.5 Å². The third-order valence-corrected chi connectivity index (χ3v) is 4.62. The van der Waals surface area contributed by atoms with Crippen molar-refractivity contribution < 1.29 is 14.3 Å². The van der Waals surface area contributed by atoms with Crippen molar-refractivity contribution in [1.29, 1.82) is 0 Å². The molecule has 0 spiro atoms. The summed E-state index contributed by atoms with van der Waals surface area (Å²) >= 11 is 1.41. The number of methoxy groups -OCH3 is 2. The van der Waals surface area contributed by atoms with Gasteiger partial charge in [-0.3, -0.25) is 4.79 Å². The molecular formula is C16H18N2O3S. The maximum absolute atomic E-state index is 12.0. The second-order valence-corrected chi connectivity index (χ2v) is 6.27. The van der Waals surface area contributed by atoms with Gasteiger partial charge in [0, 0.05) is 16.9 Å². The first-order valence-corrected chi connectivity index (χ1v) is 7.99. The van der Waals surface area contributed by atoms with Crippen LogP contribution in [0.5, 0.6) is 11.5 Å². The van der Waals surface area contributed by atoms with E-state index in [0.29, 0.717) is 11.0 Å². The zero-order valence-corrected chi connectivity index (χ0v) is 13.6. The number of hydrogen-bond donors (Lipinski definition) is 1. The van der Waals surface area contributed by atoms with Crippen LogP contribution < -0.4 is 14.8 Å². The summed E-state index contributed by atoms with van der Waals surface area (Å²) in [6.07, 6.45) is 0.966. The van der Waals surface area contributed by atoms with E-state index in [1.54, 1.807) is 14.2 Å². The van der Waals surface area contributed by atoms with Gasteiger partial charge < -0.3 is 14.8 Å². The van der Waals surface area contributed by atoms with Crippen molar-refractivity contribution in [3.63, 3.8) is 0 Å². The fourth-order valence-corrected chi connectivity index (χ4v) is 3.07. The second kappa shape index (κ2) is 5.96. The van der Waals surface area contributed by atoms with Crippen molar-refractivity contribution in [2.45, 2.75) is 13.3 Å². The number of rotatable bonds is 5. The Balaban J connectivity index is 1.82. The van der Waals surface area contributed by atoms with Crippen LogP contribution in [-0.2, 0) is 4.79 Å². The lowest BCUT2D eigenvalue weighted by Crippen LogP contribution is -2.14. The van der Waals surface area contributed by atoms with E-state index in [2.05, 4.69) is 17.2 Å². The molecular weight excluding hydrogens is 300 g/mol. The van der Waals surface area contributed by atoms with Gasteiger partial charge >= 0.3 is 0 Å². The van der Waals surface area contributed by atoms with Crippen LogP contribution in [0.25, 0.3) is 11.3 Å². The molecule has 0 radical (unpaired) electrons. The predicted molar refractivity (Wildman–Crippen MR) is 86.6 cm³/mol. The summed E-state index contributed by atoms with van der Waals surface area (Å²) in [6, 6.07) is 5.56. The van der Waals surface area contributed by atoms with Crippen LogP contribution in [0.3, 0.4) is 0 Å². The van der Waals surface area contributed by atoms with E-state index in [-0.39, 0.29) is 11.8 Å². The highest BCUT2D eigenvalue weighted by Crippen LogP contribution is 2.39. The highest BCUT2D eigenvalue weighted by atomic mass is 32.1. The molecule has 6 heteroatoms. The van der Waals surface area contributed by atoms with Gasteiger partial charge in [0.2, 0.25) is 5.91 Å². The maximum atomic E-state index is 12.0. The van der Waals surface area contributed by atoms with E-state index in [1.165, 1.54) is 11.3 Å². The number of carbonyl (C=O) groups excluding carboxylic acids is 1. The first-order chi connectivity index (χ1) is 10.6. The number of nitrogens with zero attached hydrogens (tertiary/aromatic N) is 1. The summed E-state index contributed by atoms with van der Waals surface area (Å²) in [6.45, 7) is 2.08. The number of amides is 1. The minimum Gasteiger partial charge on any atom is -0.497 e.